The second kappa shape index (κ2) is 9.17. The number of carbonyl (C=O) groups is 2. The lowest BCUT2D eigenvalue weighted by Crippen LogP contribution is -2.18. The van der Waals surface area contributed by atoms with E-state index in [1.807, 2.05) is 0 Å². The number of rotatable bonds is 7. The van der Waals surface area contributed by atoms with Crippen LogP contribution in [0, 0.1) is 0 Å². The van der Waals surface area contributed by atoms with Gasteiger partial charge in [0.15, 0.2) is 11.5 Å². The molecule has 3 heterocycles. The molecule has 0 aliphatic carbocycles. The molecule has 0 saturated carbocycles. The molecule has 0 aliphatic heterocycles. The van der Waals surface area contributed by atoms with E-state index in [2.05, 4.69) is 10.4 Å². The predicted octanol–water partition coefficient (Wildman–Crippen LogP) is 3.10. The molecule has 32 heavy (non-hydrogen) atoms. The largest absolute Gasteiger partial charge is 0.461 e. The molecule has 0 unspecified atom stereocenters. The zero-order valence-corrected chi connectivity index (χ0v) is 17.2. The van der Waals surface area contributed by atoms with Crippen LogP contribution in [0.15, 0.2) is 82.3 Å². The van der Waals surface area contributed by atoms with E-state index in [0.717, 1.165) is 0 Å². The van der Waals surface area contributed by atoms with Crippen molar-refractivity contribution < 1.29 is 18.7 Å². The van der Waals surface area contributed by atoms with E-state index < -0.39 is 11.9 Å². The van der Waals surface area contributed by atoms with Gasteiger partial charge in [-0.15, -0.1) is 0 Å². The number of furan rings is 1. The smallest absolute Gasteiger partial charge is 0.358 e. The average molecular weight is 432 g/mol. The van der Waals surface area contributed by atoms with Crippen molar-refractivity contribution in [2.45, 2.75) is 13.5 Å². The number of carbonyl (C=O) groups excluding carboxylic acids is 2. The summed E-state index contributed by atoms with van der Waals surface area (Å²) < 4.78 is 13.6. The molecule has 0 atom stereocenters. The fourth-order valence-corrected chi connectivity index (χ4v) is 3.08. The van der Waals surface area contributed by atoms with E-state index in [4.69, 9.17) is 9.15 Å². The fraction of sp³-hybridized carbons (Fsp3) is 0.130. The fourth-order valence-electron chi connectivity index (χ4n) is 3.08. The molecular formula is C23H20N4O5. The second-order valence-corrected chi connectivity index (χ2v) is 6.77. The molecule has 1 N–H and O–H groups in total. The highest BCUT2D eigenvalue weighted by molar-refractivity contribution is 6.03. The summed E-state index contributed by atoms with van der Waals surface area (Å²) in [4.78, 5) is 36.5. The maximum atomic E-state index is 12.8. The maximum absolute atomic E-state index is 12.8. The van der Waals surface area contributed by atoms with Crippen LogP contribution in [0.4, 0.5) is 5.69 Å². The van der Waals surface area contributed by atoms with Crippen molar-refractivity contribution in [2.75, 3.05) is 11.9 Å². The molecule has 162 valence electrons. The number of anilines is 1. The molecule has 9 nitrogen and oxygen atoms in total. The van der Waals surface area contributed by atoms with Gasteiger partial charge < -0.3 is 19.0 Å². The van der Waals surface area contributed by atoms with Crippen molar-refractivity contribution in [2.24, 2.45) is 0 Å². The minimum Gasteiger partial charge on any atom is -0.461 e. The van der Waals surface area contributed by atoms with E-state index in [1.165, 1.54) is 15.3 Å². The number of amides is 1. The number of benzene rings is 1. The number of hydrogen-bond acceptors (Lipinski definition) is 6. The van der Waals surface area contributed by atoms with Crippen LogP contribution in [0.5, 0.6) is 0 Å². The number of ether oxygens (including phenoxy) is 1. The Labute approximate surface area is 182 Å². The van der Waals surface area contributed by atoms with Gasteiger partial charge in [0, 0.05) is 18.5 Å². The van der Waals surface area contributed by atoms with Gasteiger partial charge in [0.25, 0.3) is 11.5 Å². The van der Waals surface area contributed by atoms with E-state index in [0.29, 0.717) is 17.1 Å². The Morgan fingerprint density at radius 2 is 1.84 bits per heavy atom. The van der Waals surface area contributed by atoms with Crippen LogP contribution in [0.25, 0.3) is 5.69 Å². The minimum atomic E-state index is -0.520. The van der Waals surface area contributed by atoms with Crippen LogP contribution < -0.4 is 10.9 Å². The first kappa shape index (κ1) is 20.9. The monoisotopic (exact) mass is 432 g/mol. The standard InChI is InChI=1S/C23H20N4O5/c1-2-31-23(30)18-12-14-27(25-18)19-8-4-3-7-17(19)24-22(29)20-11-10-16(32-20)15-26-13-6-5-9-21(26)28/h3-14H,2,15H2,1H3,(H,24,29). The van der Waals surface area contributed by atoms with Crippen molar-refractivity contribution in [3.63, 3.8) is 0 Å². The lowest BCUT2D eigenvalue weighted by atomic mass is 10.2. The summed E-state index contributed by atoms with van der Waals surface area (Å²) in [6, 6.07) is 16.6. The van der Waals surface area contributed by atoms with Gasteiger partial charge >= 0.3 is 5.97 Å². The molecule has 4 aromatic rings. The highest BCUT2D eigenvalue weighted by Gasteiger charge is 2.16. The third-order valence-electron chi connectivity index (χ3n) is 4.58. The first-order valence-electron chi connectivity index (χ1n) is 9.93. The molecule has 0 saturated heterocycles. The van der Waals surface area contributed by atoms with Crippen LogP contribution in [-0.2, 0) is 11.3 Å². The summed E-state index contributed by atoms with van der Waals surface area (Å²) in [6.07, 6.45) is 3.26. The van der Waals surface area contributed by atoms with Gasteiger partial charge in [0.2, 0.25) is 0 Å². The van der Waals surface area contributed by atoms with Crippen LogP contribution in [0.3, 0.4) is 0 Å². The molecule has 4 rings (SSSR count). The number of aromatic nitrogens is 3. The van der Waals surface area contributed by atoms with Gasteiger partial charge in [-0.05, 0) is 43.3 Å². The van der Waals surface area contributed by atoms with Crippen molar-refractivity contribution in [1.29, 1.82) is 0 Å². The Bertz CT molecular complexity index is 1320. The summed E-state index contributed by atoms with van der Waals surface area (Å²) in [5.41, 5.74) is 1.05. The maximum Gasteiger partial charge on any atom is 0.358 e. The number of nitrogens with zero attached hydrogens (tertiary/aromatic N) is 3. The number of hydrogen-bond donors (Lipinski definition) is 1. The van der Waals surface area contributed by atoms with E-state index in [1.54, 1.807) is 73.9 Å². The van der Waals surface area contributed by atoms with E-state index >= 15 is 0 Å². The molecule has 0 radical (unpaired) electrons. The van der Waals surface area contributed by atoms with Crippen LogP contribution >= 0.6 is 0 Å². The molecule has 3 aromatic heterocycles. The summed E-state index contributed by atoms with van der Waals surface area (Å²) in [6.45, 7) is 2.19. The molecule has 0 aliphatic rings. The lowest BCUT2D eigenvalue weighted by molar-refractivity contribution is 0.0519. The molecule has 0 bridgehead atoms. The topological polar surface area (TPSA) is 108 Å². The van der Waals surface area contributed by atoms with Gasteiger partial charge in [0.1, 0.15) is 5.76 Å². The minimum absolute atomic E-state index is 0.103. The Kier molecular flexibility index (Phi) is 5.98. The molecule has 0 fully saturated rings. The van der Waals surface area contributed by atoms with Crippen LogP contribution in [-0.4, -0.2) is 32.8 Å². The summed E-state index contributed by atoms with van der Waals surface area (Å²) in [7, 11) is 0. The number of para-hydroxylation sites is 2. The van der Waals surface area contributed by atoms with Gasteiger partial charge in [-0.25, -0.2) is 9.48 Å². The first-order valence-corrected chi connectivity index (χ1v) is 9.93. The second-order valence-electron chi connectivity index (χ2n) is 6.77. The SMILES string of the molecule is CCOC(=O)c1ccn(-c2ccccc2NC(=O)c2ccc(Cn3ccccc3=O)o2)n1. The Morgan fingerprint density at radius 1 is 1.03 bits per heavy atom. The third kappa shape index (κ3) is 4.51. The lowest BCUT2D eigenvalue weighted by Gasteiger charge is -2.10. The normalized spacial score (nSPS) is 10.7. The molecule has 1 amide bonds. The van der Waals surface area contributed by atoms with Crippen LogP contribution in [0.2, 0.25) is 0 Å². The quantitative estimate of drug-likeness (QED) is 0.450. The van der Waals surface area contributed by atoms with Crippen molar-refractivity contribution in [1.82, 2.24) is 14.3 Å². The Hall–Kier alpha value is -4.40. The zero-order valence-electron chi connectivity index (χ0n) is 17.2. The van der Waals surface area contributed by atoms with E-state index in [9.17, 15) is 14.4 Å². The van der Waals surface area contributed by atoms with Gasteiger partial charge in [0.05, 0.1) is 24.5 Å². The molecule has 0 spiro atoms. The summed E-state index contributed by atoms with van der Waals surface area (Å²) in [5.74, 6) is -0.398. The Balaban J connectivity index is 1.51. The molecule has 1 aromatic carbocycles. The average Bonchev–Trinajstić information content (AvgIpc) is 3.46. The summed E-state index contributed by atoms with van der Waals surface area (Å²) >= 11 is 0. The Morgan fingerprint density at radius 3 is 2.66 bits per heavy atom. The van der Waals surface area contributed by atoms with Crippen molar-refractivity contribution in [3.8, 4) is 5.69 Å². The van der Waals surface area contributed by atoms with Crippen molar-refractivity contribution >= 4 is 17.6 Å². The summed E-state index contributed by atoms with van der Waals surface area (Å²) in [5, 5.41) is 7.03. The van der Waals surface area contributed by atoms with Crippen LogP contribution in [0.1, 0.15) is 33.7 Å². The van der Waals surface area contributed by atoms with E-state index in [-0.39, 0.29) is 30.2 Å². The molecular weight excluding hydrogens is 412 g/mol. The van der Waals surface area contributed by atoms with Gasteiger partial charge in [-0.2, -0.15) is 5.10 Å². The highest BCUT2D eigenvalue weighted by atomic mass is 16.5. The predicted molar refractivity (Wildman–Crippen MR) is 116 cm³/mol. The third-order valence-corrected chi connectivity index (χ3v) is 4.58. The van der Waals surface area contributed by atoms with Gasteiger partial charge in [-0.1, -0.05) is 18.2 Å². The van der Waals surface area contributed by atoms with Gasteiger partial charge in [-0.3, -0.25) is 9.59 Å². The zero-order chi connectivity index (χ0) is 22.5. The number of pyridine rings is 1. The number of nitrogens with one attached hydrogen (secondary N) is 1. The van der Waals surface area contributed by atoms with Crippen molar-refractivity contribution in [3.05, 3.63) is 101 Å². The first-order chi connectivity index (χ1) is 15.5. The highest BCUT2D eigenvalue weighted by Crippen LogP contribution is 2.21. The molecule has 9 heteroatoms. The number of esters is 1.